The molecule has 3 aromatic rings. The molecule has 0 aliphatic rings. The van der Waals surface area contributed by atoms with E-state index in [1.807, 2.05) is 31.2 Å². The van der Waals surface area contributed by atoms with Crippen LogP contribution in [-0.2, 0) is 22.6 Å². The van der Waals surface area contributed by atoms with Gasteiger partial charge in [-0.1, -0.05) is 19.1 Å². The third-order valence-electron chi connectivity index (χ3n) is 4.62. The Morgan fingerprint density at radius 1 is 1.12 bits per heavy atom. The second-order valence-electron chi connectivity index (χ2n) is 6.82. The zero-order valence-electron chi connectivity index (χ0n) is 18.2. The molecule has 0 atom stereocenters. The van der Waals surface area contributed by atoms with E-state index in [1.54, 1.807) is 5.38 Å². The van der Waals surface area contributed by atoms with Crippen molar-refractivity contribution in [2.45, 2.75) is 33.5 Å². The molecule has 0 N–H and O–H groups in total. The van der Waals surface area contributed by atoms with Crippen molar-refractivity contribution in [3.8, 4) is 11.5 Å². The van der Waals surface area contributed by atoms with Gasteiger partial charge in [0.05, 0.1) is 24.1 Å². The van der Waals surface area contributed by atoms with Gasteiger partial charge < -0.3 is 14.2 Å². The van der Waals surface area contributed by atoms with Gasteiger partial charge in [-0.2, -0.15) is 8.78 Å². The van der Waals surface area contributed by atoms with Crippen LogP contribution in [0.15, 0.2) is 47.8 Å². The first-order chi connectivity index (χ1) is 15.8. The number of methoxy groups -OCH3 is 1. The van der Waals surface area contributed by atoms with Crippen LogP contribution < -0.4 is 14.4 Å². The number of aromatic nitrogens is 1. The Morgan fingerprint density at radius 2 is 1.85 bits per heavy atom. The fourth-order valence-corrected chi connectivity index (χ4v) is 3.86. The zero-order valence-corrected chi connectivity index (χ0v) is 19.0. The van der Waals surface area contributed by atoms with Crippen LogP contribution in [0, 0.1) is 0 Å². The molecule has 0 radical (unpaired) electrons. The summed E-state index contributed by atoms with van der Waals surface area (Å²) in [4.78, 5) is 30.6. The minimum absolute atomic E-state index is 0.0214. The Kier molecular flexibility index (Phi) is 7.94. The van der Waals surface area contributed by atoms with E-state index in [4.69, 9.17) is 9.47 Å². The lowest BCUT2D eigenvalue weighted by atomic mass is 10.1. The second-order valence-corrected chi connectivity index (χ2v) is 7.65. The van der Waals surface area contributed by atoms with Crippen molar-refractivity contribution in [2.75, 3.05) is 12.0 Å². The normalized spacial score (nSPS) is 10.7. The lowest BCUT2D eigenvalue weighted by Crippen LogP contribution is -2.22. The number of ether oxygens (including phenoxy) is 3. The van der Waals surface area contributed by atoms with Gasteiger partial charge in [-0.05, 0) is 42.3 Å². The molecule has 0 aliphatic carbocycles. The molecule has 0 saturated carbocycles. The largest absolute Gasteiger partial charge is 0.493 e. The quantitative estimate of drug-likeness (QED) is 0.387. The van der Waals surface area contributed by atoms with Crippen molar-refractivity contribution in [1.82, 2.24) is 4.98 Å². The molecule has 33 heavy (non-hydrogen) atoms. The number of hydrogen-bond acceptors (Lipinski definition) is 7. The first-order valence-corrected chi connectivity index (χ1v) is 10.8. The minimum Gasteiger partial charge on any atom is -0.493 e. The molecule has 174 valence electrons. The molecule has 0 bridgehead atoms. The number of thiazole rings is 1. The predicted molar refractivity (Wildman–Crippen MR) is 119 cm³/mol. The van der Waals surface area contributed by atoms with E-state index in [0.29, 0.717) is 16.5 Å². The van der Waals surface area contributed by atoms with Crippen molar-refractivity contribution in [3.63, 3.8) is 0 Å². The van der Waals surface area contributed by atoms with Crippen LogP contribution in [0.1, 0.15) is 35.5 Å². The average molecular weight is 477 g/mol. The number of aryl methyl sites for hydroxylation is 1. The van der Waals surface area contributed by atoms with E-state index in [2.05, 4.69) is 9.72 Å². The lowest BCUT2D eigenvalue weighted by Gasteiger charge is -2.18. The molecule has 7 nitrogen and oxygen atoms in total. The molecule has 0 aliphatic heterocycles. The number of carbonyl (C=O) groups excluding carboxylic acids is 2. The highest BCUT2D eigenvalue weighted by atomic mass is 32.1. The first-order valence-electron chi connectivity index (χ1n) is 9.96. The van der Waals surface area contributed by atoms with Crippen LogP contribution in [0.5, 0.6) is 11.5 Å². The minimum atomic E-state index is -3.02. The molecule has 1 heterocycles. The smallest absolute Gasteiger partial charge is 0.387 e. The Bertz CT molecular complexity index is 1120. The number of benzene rings is 2. The number of halogens is 2. The Balaban J connectivity index is 1.69. The third kappa shape index (κ3) is 6.04. The summed E-state index contributed by atoms with van der Waals surface area (Å²) in [5, 5.41) is 2.15. The van der Waals surface area contributed by atoms with Crippen LogP contribution in [0.2, 0.25) is 0 Å². The van der Waals surface area contributed by atoms with E-state index < -0.39 is 12.6 Å². The van der Waals surface area contributed by atoms with Crippen molar-refractivity contribution >= 4 is 34.0 Å². The summed E-state index contributed by atoms with van der Waals surface area (Å²) in [6.45, 7) is 0.347. The molecule has 3 rings (SSSR count). The molecule has 1 amide bonds. The average Bonchev–Trinajstić information content (AvgIpc) is 3.26. The molecular formula is C23H22F2N2O5S. The third-order valence-corrected chi connectivity index (χ3v) is 5.49. The summed E-state index contributed by atoms with van der Waals surface area (Å²) in [7, 11) is 1.27. The van der Waals surface area contributed by atoms with Gasteiger partial charge in [0.1, 0.15) is 6.61 Å². The number of hydrogen-bond donors (Lipinski definition) is 0. The molecular weight excluding hydrogens is 454 g/mol. The Labute approximate surface area is 193 Å². The van der Waals surface area contributed by atoms with Gasteiger partial charge in [-0.3, -0.25) is 9.69 Å². The summed E-state index contributed by atoms with van der Waals surface area (Å²) in [5.41, 5.74) is 2.41. The molecule has 10 heteroatoms. The topological polar surface area (TPSA) is 78.0 Å². The van der Waals surface area contributed by atoms with Gasteiger partial charge in [0, 0.05) is 12.3 Å². The van der Waals surface area contributed by atoms with Gasteiger partial charge in [0.15, 0.2) is 16.6 Å². The lowest BCUT2D eigenvalue weighted by molar-refractivity contribution is -0.115. The summed E-state index contributed by atoms with van der Waals surface area (Å²) in [5.74, 6) is -1.10. The van der Waals surface area contributed by atoms with Gasteiger partial charge in [-0.25, -0.2) is 9.78 Å². The van der Waals surface area contributed by atoms with Crippen molar-refractivity contribution < 1.29 is 32.6 Å². The fraction of sp³-hybridized carbons (Fsp3) is 0.261. The Hall–Kier alpha value is -3.53. The predicted octanol–water partition coefficient (Wildman–Crippen LogP) is 5.36. The monoisotopic (exact) mass is 476 g/mol. The number of anilines is 2. The van der Waals surface area contributed by atoms with E-state index in [1.165, 1.54) is 48.5 Å². The van der Waals surface area contributed by atoms with Gasteiger partial charge in [0.25, 0.3) is 0 Å². The summed E-state index contributed by atoms with van der Waals surface area (Å²) >= 11 is 1.25. The standard InChI is InChI=1S/C23H22F2N2O5S/c1-4-15-5-8-18(9-6-15)27(14(2)28)23-26-17(13-33-23)12-31-21(29)16-7-10-19(32-22(24)25)20(11-16)30-3/h5-11,13,22H,4,12H2,1-3H3. The van der Waals surface area contributed by atoms with Crippen molar-refractivity contribution in [3.05, 3.63) is 64.7 Å². The fourth-order valence-electron chi connectivity index (χ4n) is 2.98. The Morgan fingerprint density at radius 3 is 2.45 bits per heavy atom. The maximum atomic E-state index is 12.5. The van der Waals surface area contributed by atoms with Gasteiger partial charge >= 0.3 is 12.6 Å². The summed E-state index contributed by atoms with van der Waals surface area (Å²) in [6, 6.07) is 11.4. The maximum absolute atomic E-state index is 12.5. The molecule has 0 spiro atoms. The maximum Gasteiger partial charge on any atom is 0.387 e. The molecule has 0 fully saturated rings. The van der Waals surface area contributed by atoms with E-state index in [9.17, 15) is 18.4 Å². The molecule has 0 unspecified atom stereocenters. The van der Waals surface area contributed by atoms with E-state index in [0.717, 1.165) is 12.0 Å². The van der Waals surface area contributed by atoms with E-state index >= 15 is 0 Å². The van der Waals surface area contributed by atoms with Crippen LogP contribution in [0.25, 0.3) is 0 Å². The highest BCUT2D eigenvalue weighted by molar-refractivity contribution is 7.14. The van der Waals surface area contributed by atoms with Crippen molar-refractivity contribution in [2.24, 2.45) is 0 Å². The molecule has 0 saturated heterocycles. The summed E-state index contributed by atoms with van der Waals surface area (Å²) < 4.78 is 39.5. The molecule has 1 aromatic heterocycles. The van der Waals surface area contributed by atoms with Crippen LogP contribution in [-0.4, -0.2) is 30.6 Å². The number of rotatable bonds is 9. The highest BCUT2D eigenvalue weighted by Gasteiger charge is 2.19. The van der Waals surface area contributed by atoms with Crippen LogP contribution in [0.3, 0.4) is 0 Å². The van der Waals surface area contributed by atoms with Crippen LogP contribution in [0.4, 0.5) is 19.6 Å². The summed E-state index contributed by atoms with van der Waals surface area (Å²) in [6.07, 6.45) is 0.890. The zero-order chi connectivity index (χ0) is 24.0. The van der Waals surface area contributed by atoms with Gasteiger partial charge in [0.2, 0.25) is 5.91 Å². The first kappa shape index (κ1) is 24.1. The number of amides is 1. The SMILES string of the molecule is CCc1ccc(N(C(C)=O)c2nc(COC(=O)c3ccc(OC(F)F)c(OC)c3)cs2)cc1. The number of nitrogens with zero attached hydrogens (tertiary/aromatic N) is 2. The van der Waals surface area contributed by atoms with Crippen LogP contribution >= 0.6 is 11.3 Å². The molecule has 2 aromatic carbocycles. The number of carbonyl (C=O) groups is 2. The van der Waals surface area contributed by atoms with Crippen molar-refractivity contribution in [1.29, 1.82) is 0 Å². The highest BCUT2D eigenvalue weighted by Crippen LogP contribution is 2.31. The van der Waals surface area contributed by atoms with E-state index in [-0.39, 0.29) is 29.6 Å². The second kappa shape index (κ2) is 10.9. The van der Waals surface area contributed by atoms with Gasteiger partial charge in [-0.15, -0.1) is 11.3 Å². The number of alkyl halides is 2. The number of esters is 1.